The van der Waals surface area contributed by atoms with Crippen LogP contribution in [-0.2, 0) is 16.6 Å². The van der Waals surface area contributed by atoms with Gasteiger partial charge in [-0.25, -0.2) is 0 Å². The molecule has 1 aromatic carbocycles. The number of carbonyl (C=O) groups is 1. The summed E-state index contributed by atoms with van der Waals surface area (Å²) in [5, 5.41) is 8.98. The highest BCUT2D eigenvalue weighted by atomic mass is 16.4. The summed E-state index contributed by atoms with van der Waals surface area (Å²) in [7, 11) is 2.11. The summed E-state index contributed by atoms with van der Waals surface area (Å²) in [5.41, 5.74) is 3.45. The Labute approximate surface area is 108 Å². The van der Waals surface area contributed by atoms with E-state index >= 15 is 0 Å². The van der Waals surface area contributed by atoms with E-state index in [0.717, 1.165) is 18.5 Å². The van der Waals surface area contributed by atoms with E-state index in [1.807, 2.05) is 13.8 Å². The molecule has 3 nitrogen and oxygen atoms in total. The van der Waals surface area contributed by atoms with E-state index in [1.165, 1.54) is 17.7 Å². The van der Waals surface area contributed by atoms with Crippen LogP contribution in [-0.4, -0.2) is 24.7 Å². The van der Waals surface area contributed by atoms with Crippen molar-refractivity contribution in [2.75, 3.05) is 18.5 Å². The molecule has 1 N–H and O–H groups in total. The lowest BCUT2D eigenvalue weighted by Gasteiger charge is -2.30. The maximum absolute atomic E-state index is 10.9. The van der Waals surface area contributed by atoms with Crippen LogP contribution in [0.5, 0.6) is 0 Å². The van der Waals surface area contributed by atoms with E-state index in [0.29, 0.717) is 0 Å². The van der Waals surface area contributed by atoms with Crippen LogP contribution >= 0.6 is 0 Å². The van der Waals surface area contributed by atoms with Gasteiger partial charge in [0, 0.05) is 24.7 Å². The van der Waals surface area contributed by atoms with Gasteiger partial charge in [-0.3, -0.25) is 4.79 Å². The normalized spacial score (nSPS) is 15.4. The Hall–Kier alpha value is -1.51. The summed E-state index contributed by atoms with van der Waals surface area (Å²) in [4.78, 5) is 13.2. The minimum Gasteiger partial charge on any atom is -0.481 e. The largest absolute Gasteiger partial charge is 0.481 e. The fourth-order valence-corrected chi connectivity index (χ4v) is 2.69. The van der Waals surface area contributed by atoms with Crippen LogP contribution in [0.1, 0.15) is 37.8 Å². The third-order valence-corrected chi connectivity index (χ3v) is 3.81. The van der Waals surface area contributed by atoms with Crippen molar-refractivity contribution < 1.29 is 9.90 Å². The number of fused-ring (bicyclic) bond motifs is 1. The Balaban J connectivity index is 2.33. The van der Waals surface area contributed by atoms with Gasteiger partial charge >= 0.3 is 5.97 Å². The first kappa shape index (κ1) is 12.9. The predicted octanol–water partition coefficient (Wildman–Crippen LogP) is 2.82. The third-order valence-electron chi connectivity index (χ3n) is 3.81. The number of carboxylic acid groups (broad SMARTS) is 1. The molecule has 0 aliphatic carbocycles. The highest BCUT2D eigenvalue weighted by molar-refractivity contribution is 5.69. The third kappa shape index (κ3) is 2.50. The topological polar surface area (TPSA) is 40.5 Å². The zero-order valence-corrected chi connectivity index (χ0v) is 11.4. The van der Waals surface area contributed by atoms with E-state index in [4.69, 9.17) is 5.11 Å². The van der Waals surface area contributed by atoms with Crippen molar-refractivity contribution in [2.24, 2.45) is 0 Å². The summed E-state index contributed by atoms with van der Waals surface area (Å²) < 4.78 is 0. The Bertz CT molecular complexity index is 466. The fraction of sp³-hybridized carbons (Fsp3) is 0.533. The number of aliphatic carboxylic acids is 1. The maximum atomic E-state index is 10.9. The molecule has 0 spiro atoms. The Morgan fingerprint density at radius 3 is 2.83 bits per heavy atom. The number of hydrogen-bond acceptors (Lipinski definition) is 2. The van der Waals surface area contributed by atoms with Crippen LogP contribution in [0.15, 0.2) is 18.2 Å². The monoisotopic (exact) mass is 247 g/mol. The van der Waals surface area contributed by atoms with E-state index < -0.39 is 5.97 Å². The van der Waals surface area contributed by atoms with Crippen molar-refractivity contribution in [3.63, 3.8) is 0 Å². The quantitative estimate of drug-likeness (QED) is 0.893. The van der Waals surface area contributed by atoms with Crippen LogP contribution in [0.25, 0.3) is 0 Å². The molecule has 1 aliphatic rings. The number of benzene rings is 1. The molecule has 2 rings (SSSR count). The van der Waals surface area contributed by atoms with Crippen LogP contribution in [0.4, 0.5) is 5.69 Å². The molecular formula is C15H21NO2. The Morgan fingerprint density at radius 1 is 1.44 bits per heavy atom. The molecule has 0 fully saturated rings. The van der Waals surface area contributed by atoms with Gasteiger partial charge < -0.3 is 10.0 Å². The predicted molar refractivity (Wildman–Crippen MR) is 73.3 cm³/mol. The maximum Gasteiger partial charge on any atom is 0.304 e. The number of hydrogen-bond donors (Lipinski definition) is 1. The first-order valence-electron chi connectivity index (χ1n) is 6.46. The molecule has 0 amide bonds. The molecular weight excluding hydrogens is 226 g/mol. The molecule has 0 bridgehead atoms. The van der Waals surface area contributed by atoms with Crippen LogP contribution in [0.3, 0.4) is 0 Å². The van der Waals surface area contributed by atoms with Crippen LogP contribution in [0, 0.1) is 0 Å². The lowest BCUT2D eigenvalue weighted by Crippen LogP contribution is -2.26. The average Bonchev–Trinajstić information content (AvgIpc) is 2.27. The van der Waals surface area contributed by atoms with Gasteiger partial charge in [-0.1, -0.05) is 26.0 Å². The molecule has 1 heterocycles. The molecule has 0 unspecified atom stereocenters. The standard InChI is InChI=1S/C15H21NO2/c1-15(2,10-14(17)18)12-6-7-13-11(9-12)5-4-8-16(13)3/h6-7,9H,4-5,8,10H2,1-3H3,(H,17,18). The van der Waals surface area contributed by atoms with Crippen LogP contribution < -0.4 is 4.90 Å². The summed E-state index contributed by atoms with van der Waals surface area (Å²) in [6, 6.07) is 6.39. The van der Waals surface area contributed by atoms with Gasteiger partial charge in [0.1, 0.15) is 0 Å². The zero-order chi connectivity index (χ0) is 13.3. The summed E-state index contributed by atoms with van der Waals surface area (Å²) in [6.45, 7) is 5.09. The molecule has 18 heavy (non-hydrogen) atoms. The molecule has 98 valence electrons. The fourth-order valence-electron chi connectivity index (χ4n) is 2.69. The van der Waals surface area contributed by atoms with Gasteiger partial charge in [0.15, 0.2) is 0 Å². The zero-order valence-electron chi connectivity index (χ0n) is 11.4. The van der Waals surface area contributed by atoms with Gasteiger partial charge in [0.05, 0.1) is 6.42 Å². The van der Waals surface area contributed by atoms with Gasteiger partial charge in [0.2, 0.25) is 0 Å². The van der Waals surface area contributed by atoms with Crippen molar-refractivity contribution in [1.82, 2.24) is 0 Å². The SMILES string of the molecule is CN1CCCc2cc(C(C)(C)CC(=O)O)ccc21. The summed E-state index contributed by atoms with van der Waals surface area (Å²) in [6.07, 6.45) is 2.44. The second-order valence-electron chi connectivity index (χ2n) is 5.82. The van der Waals surface area contributed by atoms with Crippen molar-refractivity contribution in [2.45, 2.75) is 38.5 Å². The van der Waals surface area contributed by atoms with Gasteiger partial charge in [-0.05, 0) is 30.0 Å². The number of nitrogens with zero attached hydrogens (tertiary/aromatic N) is 1. The first-order chi connectivity index (χ1) is 8.40. The molecule has 0 saturated carbocycles. The average molecular weight is 247 g/mol. The molecule has 0 radical (unpaired) electrons. The molecule has 1 aliphatic heterocycles. The van der Waals surface area contributed by atoms with Crippen LogP contribution in [0.2, 0.25) is 0 Å². The number of anilines is 1. The molecule has 3 heteroatoms. The van der Waals surface area contributed by atoms with Gasteiger partial charge in [0.25, 0.3) is 0 Å². The highest BCUT2D eigenvalue weighted by Gasteiger charge is 2.25. The summed E-state index contributed by atoms with van der Waals surface area (Å²) >= 11 is 0. The molecule has 0 aromatic heterocycles. The second-order valence-corrected chi connectivity index (χ2v) is 5.82. The van der Waals surface area contributed by atoms with Crippen molar-refractivity contribution in [3.8, 4) is 0 Å². The number of rotatable bonds is 3. The minimum atomic E-state index is -0.741. The van der Waals surface area contributed by atoms with E-state index in [-0.39, 0.29) is 11.8 Å². The van der Waals surface area contributed by atoms with Crippen molar-refractivity contribution in [1.29, 1.82) is 0 Å². The second kappa shape index (κ2) is 4.63. The number of aryl methyl sites for hydroxylation is 1. The lowest BCUT2D eigenvalue weighted by molar-refractivity contribution is -0.138. The Morgan fingerprint density at radius 2 is 2.17 bits per heavy atom. The molecule has 0 saturated heterocycles. The van der Waals surface area contributed by atoms with E-state index in [2.05, 4.69) is 30.1 Å². The van der Waals surface area contributed by atoms with Crippen molar-refractivity contribution in [3.05, 3.63) is 29.3 Å². The first-order valence-corrected chi connectivity index (χ1v) is 6.46. The number of carboxylic acids is 1. The molecule has 1 aromatic rings. The van der Waals surface area contributed by atoms with E-state index in [1.54, 1.807) is 0 Å². The smallest absolute Gasteiger partial charge is 0.304 e. The van der Waals surface area contributed by atoms with Gasteiger partial charge in [-0.15, -0.1) is 0 Å². The lowest BCUT2D eigenvalue weighted by atomic mass is 9.80. The van der Waals surface area contributed by atoms with Gasteiger partial charge in [-0.2, -0.15) is 0 Å². The highest BCUT2D eigenvalue weighted by Crippen LogP contribution is 2.33. The van der Waals surface area contributed by atoms with E-state index in [9.17, 15) is 4.79 Å². The minimum absolute atomic E-state index is 0.168. The van der Waals surface area contributed by atoms with Crippen molar-refractivity contribution >= 4 is 11.7 Å². The Kier molecular flexibility index (Phi) is 3.33. The molecule has 0 atom stereocenters. The summed E-state index contributed by atoms with van der Waals surface area (Å²) in [5.74, 6) is -0.741.